The van der Waals surface area contributed by atoms with Crippen LogP contribution in [0.2, 0.25) is 0 Å². The third-order valence-electron chi connectivity index (χ3n) is 2.56. The summed E-state index contributed by atoms with van der Waals surface area (Å²) >= 11 is 0. The van der Waals surface area contributed by atoms with Gasteiger partial charge in [-0.15, -0.1) is 0 Å². The third-order valence-corrected chi connectivity index (χ3v) is 3.67. The van der Waals surface area contributed by atoms with E-state index in [1.165, 1.54) is 11.2 Å². The van der Waals surface area contributed by atoms with Gasteiger partial charge in [0.2, 0.25) is 0 Å². The van der Waals surface area contributed by atoms with Gasteiger partial charge in [0, 0.05) is 31.9 Å². The Balaban J connectivity index is 4.45. The van der Waals surface area contributed by atoms with E-state index in [2.05, 4.69) is 5.32 Å². The van der Waals surface area contributed by atoms with Gasteiger partial charge < -0.3 is 20.1 Å². The van der Waals surface area contributed by atoms with E-state index < -0.39 is 27.6 Å². The first-order chi connectivity index (χ1) is 9.80. The van der Waals surface area contributed by atoms with Gasteiger partial charge in [0.15, 0.2) is 0 Å². The molecule has 0 saturated heterocycles. The Kier molecular flexibility index (Phi) is 8.35. The predicted molar refractivity (Wildman–Crippen MR) is 86.7 cm³/mol. The van der Waals surface area contributed by atoms with Crippen LogP contribution in [-0.2, 0) is 14.6 Å². The maximum absolute atomic E-state index is 12.1. The second-order valence-corrected chi connectivity index (χ2v) is 8.91. The molecule has 22 heavy (non-hydrogen) atoms. The molecule has 0 bridgehead atoms. The van der Waals surface area contributed by atoms with Crippen molar-refractivity contribution < 1.29 is 23.1 Å². The lowest BCUT2D eigenvalue weighted by Gasteiger charge is -2.28. The van der Waals surface area contributed by atoms with Crippen molar-refractivity contribution in [3.63, 3.8) is 0 Å². The highest BCUT2D eigenvalue weighted by atomic mass is 32.2. The minimum Gasteiger partial charge on any atom is -0.444 e. The van der Waals surface area contributed by atoms with Gasteiger partial charge in [0.25, 0.3) is 0 Å². The SMILES string of the molecule is CC(O)CN(CCNC(C)CS(C)(=O)=O)C(=O)OC(C)(C)C. The van der Waals surface area contributed by atoms with Crippen LogP contribution in [0.4, 0.5) is 4.79 Å². The second kappa shape index (κ2) is 8.69. The molecule has 0 aliphatic carbocycles. The lowest BCUT2D eigenvalue weighted by Crippen LogP contribution is -2.45. The van der Waals surface area contributed by atoms with Crippen molar-refractivity contribution in [2.75, 3.05) is 31.6 Å². The molecule has 0 saturated carbocycles. The summed E-state index contributed by atoms with van der Waals surface area (Å²) in [7, 11) is -3.04. The zero-order valence-electron chi connectivity index (χ0n) is 14.4. The van der Waals surface area contributed by atoms with Crippen LogP contribution < -0.4 is 5.32 Å². The summed E-state index contributed by atoms with van der Waals surface area (Å²) < 4.78 is 27.7. The van der Waals surface area contributed by atoms with Crippen LogP contribution in [0.5, 0.6) is 0 Å². The zero-order chi connectivity index (χ0) is 17.6. The Hall–Kier alpha value is -0.860. The lowest BCUT2D eigenvalue weighted by atomic mass is 10.2. The molecule has 0 radical (unpaired) electrons. The van der Waals surface area contributed by atoms with Crippen molar-refractivity contribution in [3.05, 3.63) is 0 Å². The van der Waals surface area contributed by atoms with E-state index in [-0.39, 0.29) is 18.3 Å². The van der Waals surface area contributed by atoms with E-state index in [9.17, 15) is 18.3 Å². The van der Waals surface area contributed by atoms with Crippen LogP contribution in [0.3, 0.4) is 0 Å². The van der Waals surface area contributed by atoms with Gasteiger partial charge in [-0.2, -0.15) is 0 Å². The molecule has 0 fully saturated rings. The molecule has 2 atom stereocenters. The molecule has 0 aliphatic heterocycles. The normalized spacial score (nSPS) is 15.2. The first kappa shape index (κ1) is 21.1. The maximum atomic E-state index is 12.1. The first-order valence-corrected chi connectivity index (χ1v) is 9.43. The molecular formula is C14H30N2O5S. The van der Waals surface area contributed by atoms with Crippen molar-refractivity contribution >= 4 is 15.9 Å². The van der Waals surface area contributed by atoms with E-state index in [0.717, 1.165) is 0 Å². The number of amides is 1. The molecule has 8 heteroatoms. The number of hydrogen-bond acceptors (Lipinski definition) is 6. The topological polar surface area (TPSA) is 95.9 Å². The highest BCUT2D eigenvalue weighted by molar-refractivity contribution is 7.90. The summed E-state index contributed by atoms with van der Waals surface area (Å²) in [6.07, 6.45) is 0.0259. The standard InChI is InChI=1S/C14H30N2O5S/c1-11(10-22(6,19)20)15-7-8-16(9-12(2)17)13(18)21-14(3,4)5/h11-12,15,17H,7-10H2,1-6H3. The van der Waals surface area contributed by atoms with Gasteiger partial charge in [-0.3, -0.25) is 0 Å². The van der Waals surface area contributed by atoms with Crippen molar-refractivity contribution in [2.45, 2.75) is 52.4 Å². The van der Waals surface area contributed by atoms with Crippen LogP contribution in [-0.4, -0.2) is 73.9 Å². The van der Waals surface area contributed by atoms with Gasteiger partial charge in [-0.25, -0.2) is 13.2 Å². The van der Waals surface area contributed by atoms with E-state index in [4.69, 9.17) is 4.74 Å². The minimum atomic E-state index is -3.04. The Labute approximate surface area is 133 Å². The monoisotopic (exact) mass is 338 g/mol. The van der Waals surface area contributed by atoms with Crippen molar-refractivity contribution in [1.82, 2.24) is 10.2 Å². The summed E-state index contributed by atoms with van der Waals surface area (Å²) in [6.45, 7) is 9.60. The highest BCUT2D eigenvalue weighted by Gasteiger charge is 2.23. The molecule has 2 unspecified atom stereocenters. The van der Waals surface area contributed by atoms with E-state index in [1.54, 1.807) is 34.6 Å². The summed E-state index contributed by atoms with van der Waals surface area (Å²) in [5, 5.41) is 12.5. The van der Waals surface area contributed by atoms with Crippen molar-refractivity contribution in [1.29, 1.82) is 0 Å². The molecule has 0 aromatic carbocycles. The van der Waals surface area contributed by atoms with Crippen LogP contribution in [0.25, 0.3) is 0 Å². The Bertz CT molecular complexity index is 443. The number of carbonyl (C=O) groups is 1. The van der Waals surface area contributed by atoms with Gasteiger partial charge in [-0.05, 0) is 34.6 Å². The average Bonchev–Trinajstić information content (AvgIpc) is 2.21. The van der Waals surface area contributed by atoms with Crippen LogP contribution in [0.15, 0.2) is 0 Å². The van der Waals surface area contributed by atoms with E-state index >= 15 is 0 Å². The molecule has 132 valence electrons. The number of nitrogens with zero attached hydrogens (tertiary/aromatic N) is 1. The first-order valence-electron chi connectivity index (χ1n) is 7.37. The average molecular weight is 338 g/mol. The molecule has 0 spiro atoms. The van der Waals surface area contributed by atoms with Crippen molar-refractivity contribution in [3.8, 4) is 0 Å². The van der Waals surface area contributed by atoms with Crippen LogP contribution >= 0.6 is 0 Å². The number of nitrogens with one attached hydrogen (secondary N) is 1. The van der Waals surface area contributed by atoms with Gasteiger partial charge in [-0.1, -0.05) is 0 Å². The molecule has 0 rings (SSSR count). The molecular weight excluding hydrogens is 308 g/mol. The lowest BCUT2D eigenvalue weighted by molar-refractivity contribution is 0.0163. The highest BCUT2D eigenvalue weighted by Crippen LogP contribution is 2.10. The summed E-state index contributed by atoms with van der Waals surface area (Å²) in [4.78, 5) is 13.5. The predicted octanol–water partition coefficient (Wildman–Crippen LogP) is 0.627. The van der Waals surface area contributed by atoms with E-state index in [1.807, 2.05) is 0 Å². The quantitative estimate of drug-likeness (QED) is 0.674. The Morgan fingerprint density at radius 2 is 1.86 bits per heavy atom. The summed E-state index contributed by atoms with van der Waals surface area (Å²) in [5.41, 5.74) is -0.606. The molecule has 7 nitrogen and oxygen atoms in total. The summed E-state index contributed by atoms with van der Waals surface area (Å²) in [6, 6.07) is -0.206. The largest absolute Gasteiger partial charge is 0.444 e. The number of ether oxygens (including phenoxy) is 1. The number of aliphatic hydroxyl groups excluding tert-OH is 1. The fourth-order valence-electron chi connectivity index (χ4n) is 1.86. The minimum absolute atomic E-state index is 0.0375. The van der Waals surface area contributed by atoms with E-state index in [0.29, 0.717) is 13.1 Å². The molecule has 0 aromatic rings. The Morgan fingerprint density at radius 3 is 2.27 bits per heavy atom. The molecule has 1 amide bonds. The maximum Gasteiger partial charge on any atom is 0.410 e. The number of rotatable bonds is 8. The number of hydrogen-bond donors (Lipinski definition) is 2. The fourth-order valence-corrected chi connectivity index (χ4v) is 2.89. The van der Waals surface area contributed by atoms with Crippen molar-refractivity contribution in [2.24, 2.45) is 0 Å². The molecule has 0 heterocycles. The molecule has 2 N–H and O–H groups in total. The summed E-state index contributed by atoms with van der Waals surface area (Å²) in [5.74, 6) is 0.0375. The molecule has 0 aromatic heterocycles. The number of aliphatic hydroxyl groups is 1. The number of carbonyl (C=O) groups excluding carboxylic acids is 1. The zero-order valence-corrected chi connectivity index (χ0v) is 15.2. The molecule has 0 aliphatic rings. The van der Waals surface area contributed by atoms with Crippen LogP contribution in [0, 0.1) is 0 Å². The number of sulfone groups is 1. The van der Waals surface area contributed by atoms with Gasteiger partial charge >= 0.3 is 6.09 Å². The van der Waals surface area contributed by atoms with Gasteiger partial charge in [0.1, 0.15) is 15.4 Å². The fraction of sp³-hybridized carbons (Fsp3) is 0.929. The Morgan fingerprint density at radius 1 is 1.32 bits per heavy atom. The smallest absolute Gasteiger partial charge is 0.410 e. The van der Waals surface area contributed by atoms with Gasteiger partial charge in [0.05, 0.1) is 11.9 Å². The third kappa shape index (κ3) is 11.8. The van der Waals surface area contributed by atoms with Crippen LogP contribution in [0.1, 0.15) is 34.6 Å². The second-order valence-electron chi connectivity index (χ2n) is 6.72.